The minimum atomic E-state index is -1.93. The molecule has 0 saturated heterocycles. The van der Waals surface area contributed by atoms with Gasteiger partial charge in [-0.15, -0.1) is 10.2 Å². The summed E-state index contributed by atoms with van der Waals surface area (Å²) in [5.74, 6) is 6.00. The molecule has 3 rings (SSSR count). The molecule has 0 amide bonds. The van der Waals surface area contributed by atoms with E-state index in [9.17, 15) is 9.66 Å². The molecule has 1 heterocycles. The van der Waals surface area contributed by atoms with E-state index in [1.807, 2.05) is 24.3 Å². The van der Waals surface area contributed by atoms with Crippen LogP contribution >= 0.6 is 11.9 Å². The molecule has 1 aromatic heterocycles. The first-order valence-corrected chi connectivity index (χ1v) is 11.5. The highest BCUT2D eigenvalue weighted by Crippen LogP contribution is 2.35. The van der Waals surface area contributed by atoms with Gasteiger partial charge in [0.15, 0.2) is 10.7 Å². The number of amidine groups is 1. The molecule has 172 valence electrons. The van der Waals surface area contributed by atoms with Crippen LogP contribution in [0.25, 0.3) is 22.2 Å². The number of hydrazone groups is 1. The van der Waals surface area contributed by atoms with Gasteiger partial charge in [-0.25, -0.2) is 16.4 Å². The Bertz CT molecular complexity index is 1100. The Morgan fingerprint density at radius 2 is 2.09 bits per heavy atom. The molecule has 3 aromatic rings. The number of nitrogens with zero attached hydrogens (tertiary/aromatic N) is 2. The summed E-state index contributed by atoms with van der Waals surface area (Å²) in [5, 5.41) is 19.1. The first-order chi connectivity index (χ1) is 15.4. The number of hydrogen-bond acceptors (Lipinski definition) is 11. The van der Waals surface area contributed by atoms with Crippen molar-refractivity contribution in [3.63, 3.8) is 0 Å². The maximum absolute atomic E-state index is 12.6. The van der Waals surface area contributed by atoms with E-state index in [0.29, 0.717) is 27.4 Å². The summed E-state index contributed by atoms with van der Waals surface area (Å²) >= 11 is -0.787. The number of aliphatic hydroxyl groups excluding tert-OH is 1. The zero-order valence-electron chi connectivity index (χ0n) is 17.0. The van der Waals surface area contributed by atoms with Crippen molar-refractivity contribution in [3.05, 3.63) is 41.7 Å². The molecule has 0 aliphatic rings. The number of H-pyrrole nitrogens is 1. The fraction of sp³-hybridized carbons (Fsp3) is 0.222. The monoisotopic (exact) mass is 478 g/mol. The van der Waals surface area contributed by atoms with Gasteiger partial charge in [-0.1, -0.05) is 12.1 Å². The van der Waals surface area contributed by atoms with Crippen LogP contribution in [0, 0.1) is 0 Å². The second-order valence-electron chi connectivity index (χ2n) is 6.69. The van der Waals surface area contributed by atoms with E-state index < -0.39 is 11.4 Å². The summed E-state index contributed by atoms with van der Waals surface area (Å²) < 4.78 is 15.6. The molecular weight excluding hydrogens is 452 g/mol. The Morgan fingerprint density at radius 1 is 1.31 bits per heavy atom. The smallest absolute Gasteiger partial charge is 0.200 e. The number of aromatic nitrogens is 2. The Balaban J connectivity index is 2.17. The number of nitrogens with one attached hydrogen (secondary N) is 3. The standard InChI is InChI=1S/C18H26N10O2S2/c19-6-10(8-29)27-31-14-4-2-11(16(17(14)32(23)30)18(21)26-28-22)9-1-3-12-13(5-9)25-15(7-20)24-12/h1-5,10,27-29H,6-8,19-20,22-23H2,(H2,21,26)(H,24,25). The van der Waals surface area contributed by atoms with Gasteiger partial charge in [-0.3, -0.25) is 4.72 Å². The van der Waals surface area contributed by atoms with Gasteiger partial charge in [0.25, 0.3) is 0 Å². The number of fused-ring (bicyclic) bond motifs is 1. The highest BCUT2D eigenvalue weighted by molar-refractivity contribution is 7.98. The van der Waals surface area contributed by atoms with Crippen molar-refractivity contribution in [1.29, 1.82) is 0 Å². The number of benzene rings is 2. The number of hydrazine groups is 1. The van der Waals surface area contributed by atoms with E-state index in [2.05, 4.69) is 25.3 Å². The summed E-state index contributed by atoms with van der Waals surface area (Å²) in [5.41, 5.74) is 22.9. The molecule has 0 radical (unpaired) electrons. The third-order valence-electron chi connectivity index (χ3n) is 4.64. The van der Waals surface area contributed by atoms with Gasteiger partial charge in [0, 0.05) is 6.54 Å². The van der Waals surface area contributed by atoms with Gasteiger partial charge >= 0.3 is 0 Å². The number of nitrogens with two attached hydrogens (primary N) is 5. The van der Waals surface area contributed by atoms with Crippen LogP contribution in [0.15, 0.2) is 45.2 Å². The summed E-state index contributed by atoms with van der Waals surface area (Å²) in [6, 6.07) is 8.79. The molecule has 0 fully saturated rings. The zero-order valence-corrected chi connectivity index (χ0v) is 18.7. The molecular formula is C18H26N10O2S2. The lowest BCUT2D eigenvalue weighted by Gasteiger charge is -2.19. The average molecular weight is 479 g/mol. The van der Waals surface area contributed by atoms with E-state index in [1.165, 1.54) is 0 Å². The molecule has 32 heavy (non-hydrogen) atoms. The van der Waals surface area contributed by atoms with Gasteiger partial charge in [0.05, 0.1) is 52.0 Å². The summed E-state index contributed by atoms with van der Waals surface area (Å²) in [6.45, 7) is 0.333. The van der Waals surface area contributed by atoms with E-state index in [0.717, 1.165) is 23.0 Å². The number of imidazole rings is 1. The highest BCUT2D eigenvalue weighted by Gasteiger charge is 2.27. The van der Waals surface area contributed by atoms with Crippen molar-refractivity contribution in [1.82, 2.24) is 20.2 Å². The second kappa shape index (κ2) is 11.0. The van der Waals surface area contributed by atoms with Crippen molar-refractivity contribution < 1.29 is 9.66 Å². The fourth-order valence-electron chi connectivity index (χ4n) is 3.09. The Morgan fingerprint density at radius 3 is 2.72 bits per heavy atom. The maximum Gasteiger partial charge on any atom is 0.200 e. The predicted molar refractivity (Wildman–Crippen MR) is 127 cm³/mol. The van der Waals surface area contributed by atoms with Crippen LogP contribution in [0.3, 0.4) is 0 Å². The van der Waals surface area contributed by atoms with Crippen LogP contribution in [-0.4, -0.2) is 44.7 Å². The lowest BCUT2D eigenvalue weighted by molar-refractivity contribution is 0.262. The molecule has 0 aliphatic carbocycles. The molecule has 0 saturated carbocycles. The van der Waals surface area contributed by atoms with Crippen LogP contribution in [-0.2, 0) is 17.9 Å². The van der Waals surface area contributed by atoms with Crippen molar-refractivity contribution >= 4 is 40.2 Å². The highest BCUT2D eigenvalue weighted by atomic mass is 32.2. The first kappa shape index (κ1) is 24.2. The number of hydrogen-bond donors (Lipinski definition) is 9. The van der Waals surface area contributed by atoms with Crippen LogP contribution in [0.1, 0.15) is 11.4 Å². The lowest BCUT2D eigenvalue weighted by Crippen LogP contribution is -2.35. The van der Waals surface area contributed by atoms with E-state index in [1.54, 1.807) is 6.07 Å². The number of rotatable bonds is 10. The quantitative estimate of drug-likeness (QED) is 0.0413. The van der Waals surface area contributed by atoms with Crippen molar-refractivity contribution in [3.8, 4) is 11.1 Å². The first-order valence-electron chi connectivity index (χ1n) is 9.48. The van der Waals surface area contributed by atoms with Gasteiger partial charge in [0.2, 0.25) is 0 Å². The summed E-state index contributed by atoms with van der Waals surface area (Å²) in [6.07, 6.45) is 0. The van der Waals surface area contributed by atoms with E-state index >= 15 is 0 Å². The number of aliphatic hydroxyl groups is 1. The third kappa shape index (κ3) is 5.15. The normalized spacial score (nSPS) is 14.0. The topological polar surface area (TPSA) is 238 Å². The maximum atomic E-state index is 12.6. The molecule has 0 bridgehead atoms. The molecule has 2 atom stereocenters. The minimum Gasteiger partial charge on any atom is -0.593 e. The number of aromatic amines is 1. The van der Waals surface area contributed by atoms with Gasteiger partial charge in [-0.05, 0) is 41.3 Å². The van der Waals surface area contributed by atoms with Crippen LogP contribution in [0.5, 0.6) is 0 Å². The zero-order chi connectivity index (χ0) is 23.3. The molecule has 12 nitrogen and oxygen atoms in total. The second-order valence-corrected chi connectivity index (χ2v) is 8.58. The fourth-order valence-corrected chi connectivity index (χ4v) is 4.94. The van der Waals surface area contributed by atoms with Crippen LogP contribution in [0.2, 0.25) is 0 Å². The summed E-state index contributed by atoms with van der Waals surface area (Å²) in [7, 11) is 0. The summed E-state index contributed by atoms with van der Waals surface area (Å²) in [4.78, 5) is 8.40. The average Bonchev–Trinajstić information content (AvgIpc) is 3.21. The lowest BCUT2D eigenvalue weighted by atomic mass is 9.98. The molecule has 14 heteroatoms. The Hall–Kier alpha value is -2.40. The third-order valence-corrected chi connectivity index (χ3v) is 6.61. The predicted octanol–water partition coefficient (Wildman–Crippen LogP) is -1.33. The van der Waals surface area contributed by atoms with Crippen molar-refractivity contribution in [2.75, 3.05) is 13.2 Å². The Labute approximate surface area is 191 Å². The minimum absolute atomic E-state index is 0.000977. The largest absolute Gasteiger partial charge is 0.593 e. The molecule has 2 unspecified atom stereocenters. The SMILES string of the molecule is NCc1nc2cc(-c3ccc(SNC(CN)CO)c([S+](N)[O-])c3/C(N)=N/NN)ccc2[nH]1. The van der Waals surface area contributed by atoms with Crippen LogP contribution < -0.4 is 38.4 Å². The van der Waals surface area contributed by atoms with Crippen molar-refractivity contribution in [2.45, 2.75) is 22.4 Å². The van der Waals surface area contributed by atoms with Crippen molar-refractivity contribution in [2.24, 2.45) is 33.3 Å². The van der Waals surface area contributed by atoms with Gasteiger partial charge < -0.3 is 31.8 Å². The van der Waals surface area contributed by atoms with Gasteiger partial charge in [0.1, 0.15) is 5.82 Å². The Kier molecular flexibility index (Phi) is 8.30. The molecule has 14 N–H and O–H groups in total. The van der Waals surface area contributed by atoms with Crippen LogP contribution in [0.4, 0.5) is 0 Å². The molecule has 2 aromatic carbocycles. The van der Waals surface area contributed by atoms with Gasteiger partial charge in [-0.2, -0.15) is 0 Å². The molecule has 0 aliphatic heterocycles. The van der Waals surface area contributed by atoms with E-state index in [4.69, 9.17) is 28.2 Å². The van der Waals surface area contributed by atoms with E-state index in [-0.39, 0.29) is 36.5 Å². The molecule has 0 spiro atoms.